The second kappa shape index (κ2) is 7.79. The Morgan fingerprint density at radius 1 is 1.07 bits per heavy atom. The van der Waals surface area contributed by atoms with Crippen molar-refractivity contribution >= 4 is 28.6 Å². The Morgan fingerprint density at radius 2 is 1.83 bits per heavy atom. The van der Waals surface area contributed by atoms with Gasteiger partial charge in [0.15, 0.2) is 0 Å². The molecule has 1 aliphatic rings. The first kappa shape index (κ1) is 18.7. The lowest BCUT2D eigenvalue weighted by Crippen LogP contribution is -2.40. The number of amides is 2. The number of rotatable bonds is 3. The number of methoxy groups -OCH3 is 2. The average molecular weight is 391 g/mol. The molecule has 0 atom stereocenters. The third-order valence-corrected chi connectivity index (χ3v) is 5.07. The second-order valence-electron chi connectivity index (χ2n) is 6.72. The van der Waals surface area contributed by atoms with Crippen LogP contribution in [0.1, 0.15) is 21.6 Å². The molecular weight excluding hydrogens is 370 g/mol. The van der Waals surface area contributed by atoms with Gasteiger partial charge in [0.1, 0.15) is 5.75 Å². The van der Waals surface area contributed by atoms with Crippen LogP contribution in [0, 0.1) is 0 Å². The molecule has 0 bridgehead atoms. The van der Waals surface area contributed by atoms with Crippen LogP contribution in [0.5, 0.6) is 5.75 Å². The summed E-state index contributed by atoms with van der Waals surface area (Å²) in [5.41, 5.74) is 3.37. The number of nitrogens with one attached hydrogen (secondary N) is 1. The topological polar surface area (TPSA) is 80.8 Å². The van der Waals surface area contributed by atoms with E-state index >= 15 is 0 Å². The highest BCUT2D eigenvalue weighted by atomic mass is 16.5. The number of hydrogen-bond acceptors (Lipinski definition) is 5. The van der Waals surface area contributed by atoms with Crippen molar-refractivity contribution in [3.8, 4) is 5.75 Å². The molecule has 7 heteroatoms. The van der Waals surface area contributed by atoms with Crippen molar-refractivity contribution < 1.29 is 19.1 Å². The Balaban J connectivity index is 1.68. The molecule has 0 fully saturated rings. The number of para-hydroxylation sites is 3. The zero-order valence-electron chi connectivity index (χ0n) is 16.3. The Hall–Kier alpha value is -3.61. The van der Waals surface area contributed by atoms with Crippen LogP contribution in [-0.4, -0.2) is 42.6 Å². The molecule has 7 nitrogen and oxygen atoms in total. The lowest BCUT2D eigenvalue weighted by molar-refractivity contribution is 0.0600. The number of carbonyl (C=O) groups is 2. The Labute approximate surface area is 168 Å². The molecular formula is C22H21N3O4. The van der Waals surface area contributed by atoms with Crippen molar-refractivity contribution in [2.24, 2.45) is 0 Å². The van der Waals surface area contributed by atoms with E-state index in [0.29, 0.717) is 30.0 Å². The summed E-state index contributed by atoms with van der Waals surface area (Å²) in [5, 5.41) is 3.61. The number of ether oxygens (including phenoxy) is 2. The van der Waals surface area contributed by atoms with Gasteiger partial charge in [-0.2, -0.15) is 0 Å². The maximum absolute atomic E-state index is 12.9. The standard InChI is InChI=1S/C22H21N3O4/c1-28-19-10-6-5-9-18(19)24-22(27)25-12-11-17-15(13-25)20(21(26)29-2)14-7-3-4-8-16(14)23-17/h3-10H,11-13H2,1-2H3,(H,24,27). The molecule has 4 rings (SSSR count). The summed E-state index contributed by atoms with van der Waals surface area (Å²) in [6, 6.07) is 14.4. The molecule has 2 heterocycles. The number of esters is 1. The summed E-state index contributed by atoms with van der Waals surface area (Å²) >= 11 is 0. The molecule has 0 saturated heterocycles. The number of aromatic nitrogens is 1. The highest BCUT2D eigenvalue weighted by Gasteiger charge is 2.28. The van der Waals surface area contributed by atoms with E-state index < -0.39 is 5.97 Å². The third-order valence-electron chi connectivity index (χ3n) is 5.07. The van der Waals surface area contributed by atoms with Crippen molar-refractivity contribution in [1.29, 1.82) is 0 Å². The predicted molar refractivity (Wildman–Crippen MR) is 109 cm³/mol. The number of anilines is 1. The van der Waals surface area contributed by atoms with Crippen molar-refractivity contribution in [2.45, 2.75) is 13.0 Å². The quantitative estimate of drug-likeness (QED) is 0.690. The minimum absolute atomic E-state index is 0.260. The molecule has 29 heavy (non-hydrogen) atoms. The fraction of sp³-hybridized carbons (Fsp3) is 0.227. The Bertz CT molecular complexity index is 1100. The maximum atomic E-state index is 12.9. The van der Waals surface area contributed by atoms with Gasteiger partial charge < -0.3 is 19.7 Å². The Kier molecular flexibility index (Phi) is 5.03. The molecule has 2 amide bonds. The number of benzene rings is 2. The van der Waals surface area contributed by atoms with Crippen molar-refractivity contribution in [3.05, 3.63) is 65.4 Å². The molecule has 0 spiro atoms. The minimum Gasteiger partial charge on any atom is -0.495 e. The van der Waals surface area contributed by atoms with E-state index in [9.17, 15) is 9.59 Å². The van der Waals surface area contributed by atoms with Crippen LogP contribution in [0.25, 0.3) is 10.9 Å². The van der Waals surface area contributed by atoms with E-state index in [1.165, 1.54) is 7.11 Å². The number of fused-ring (bicyclic) bond motifs is 2. The van der Waals surface area contributed by atoms with Gasteiger partial charge in [0, 0.05) is 29.6 Å². The molecule has 3 aromatic rings. The fourth-order valence-corrected chi connectivity index (χ4v) is 3.64. The molecule has 0 aliphatic carbocycles. The van der Waals surface area contributed by atoms with Gasteiger partial charge in [-0.25, -0.2) is 9.59 Å². The maximum Gasteiger partial charge on any atom is 0.338 e. The zero-order valence-corrected chi connectivity index (χ0v) is 16.3. The lowest BCUT2D eigenvalue weighted by atomic mass is 9.96. The van der Waals surface area contributed by atoms with Crippen molar-refractivity contribution in [2.75, 3.05) is 26.1 Å². The number of pyridine rings is 1. The van der Waals surface area contributed by atoms with Crippen LogP contribution < -0.4 is 10.1 Å². The molecule has 148 valence electrons. The molecule has 1 aromatic heterocycles. The van der Waals surface area contributed by atoms with Crippen LogP contribution in [0.4, 0.5) is 10.5 Å². The summed E-state index contributed by atoms with van der Waals surface area (Å²) in [5.74, 6) is 0.160. The van der Waals surface area contributed by atoms with Gasteiger partial charge in [-0.3, -0.25) is 4.98 Å². The Morgan fingerprint density at radius 3 is 2.62 bits per heavy atom. The van der Waals surface area contributed by atoms with Gasteiger partial charge in [-0.1, -0.05) is 30.3 Å². The summed E-state index contributed by atoms with van der Waals surface area (Å²) in [6.07, 6.45) is 0.559. The second-order valence-corrected chi connectivity index (χ2v) is 6.72. The van der Waals surface area contributed by atoms with Crippen LogP contribution in [-0.2, 0) is 17.7 Å². The normalized spacial score (nSPS) is 13.0. The predicted octanol–water partition coefficient (Wildman–Crippen LogP) is 3.62. The van der Waals surface area contributed by atoms with Gasteiger partial charge in [0.25, 0.3) is 0 Å². The first-order valence-electron chi connectivity index (χ1n) is 9.30. The minimum atomic E-state index is -0.424. The number of nitrogens with zero attached hydrogens (tertiary/aromatic N) is 2. The summed E-state index contributed by atoms with van der Waals surface area (Å²) in [7, 11) is 2.92. The highest BCUT2D eigenvalue weighted by Crippen LogP contribution is 2.30. The van der Waals surface area contributed by atoms with Crippen LogP contribution in [0.3, 0.4) is 0 Å². The van der Waals surface area contributed by atoms with Gasteiger partial charge in [0.05, 0.1) is 37.5 Å². The van der Waals surface area contributed by atoms with Crippen LogP contribution in [0.15, 0.2) is 48.5 Å². The molecule has 0 saturated carbocycles. The van der Waals surface area contributed by atoms with E-state index in [4.69, 9.17) is 14.5 Å². The van der Waals surface area contributed by atoms with E-state index in [0.717, 1.165) is 22.2 Å². The summed E-state index contributed by atoms with van der Waals surface area (Å²) in [4.78, 5) is 31.8. The molecule has 1 N–H and O–H groups in total. The smallest absolute Gasteiger partial charge is 0.338 e. The van der Waals surface area contributed by atoms with E-state index in [2.05, 4.69) is 5.32 Å². The van der Waals surface area contributed by atoms with Crippen LogP contribution in [0.2, 0.25) is 0 Å². The van der Waals surface area contributed by atoms with Crippen LogP contribution >= 0.6 is 0 Å². The van der Waals surface area contributed by atoms with Crippen molar-refractivity contribution in [1.82, 2.24) is 9.88 Å². The van der Waals surface area contributed by atoms with Gasteiger partial charge in [-0.15, -0.1) is 0 Å². The zero-order chi connectivity index (χ0) is 20.4. The molecule has 2 aromatic carbocycles. The highest BCUT2D eigenvalue weighted by molar-refractivity contribution is 6.05. The number of urea groups is 1. The third kappa shape index (κ3) is 3.47. The summed E-state index contributed by atoms with van der Waals surface area (Å²) in [6.45, 7) is 0.776. The average Bonchev–Trinajstić information content (AvgIpc) is 2.76. The number of hydrogen-bond donors (Lipinski definition) is 1. The fourth-order valence-electron chi connectivity index (χ4n) is 3.64. The van der Waals surface area contributed by atoms with E-state index in [1.807, 2.05) is 36.4 Å². The lowest BCUT2D eigenvalue weighted by Gasteiger charge is -2.30. The first-order valence-corrected chi connectivity index (χ1v) is 9.30. The molecule has 1 aliphatic heterocycles. The van der Waals surface area contributed by atoms with Gasteiger partial charge in [-0.05, 0) is 18.2 Å². The van der Waals surface area contributed by atoms with Gasteiger partial charge in [0.2, 0.25) is 0 Å². The largest absolute Gasteiger partial charge is 0.495 e. The molecule has 0 unspecified atom stereocenters. The SMILES string of the molecule is COC(=O)c1c2c(nc3ccccc13)CCN(C(=O)Nc1ccccc1OC)C2. The monoisotopic (exact) mass is 391 g/mol. The molecule has 0 radical (unpaired) electrons. The number of carbonyl (C=O) groups excluding carboxylic acids is 2. The summed E-state index contributed by atoms with van der Waals surface area (Å²) < 4.78 is 10.3. The van der Waals surface area contributed by atoms with E-state index in [1.54, 1.807) is 24.1 Å². The van der Waals surface area contributed by atoms with Gasteiger partial charge >= 0.3 is 12.0 Å². The van der Waals surface area contributed by atoms with E-state index in [-0.39, 0.29) is 12.6 Å². The first-order chi connectivity index (χ1) is 14.1. The van der Waals surface area contributed by atoms with Crippen molar-refractivity contribution in [3.63, 3.8) is 0 Å².